The number of alkyl halides is 3. The summed E-state index contributed by atoms with van der Waals surface area (Å²) >= 11 is 2.09. The number of benzene rings is 2. The van der Waals surface area contributed by atoms with E-state index in [1.54, 1.807) is 0 Å². The molecule has 3 aromatic rings. The van der Waals surface area contributed by atoms with Gasteiger partial charge in [0, 0.05) is 11.1 Å². The molecular formula is C16H13F3N4OS2. The molecule has 3 rings (SSSR count). The number of rotatable bonds is 6. The highest BCUT2D eigenvalue weighted by molar-refractivity contribution is 8.01. The van der Waals surface area contributed by atoms with Gasteiger partial charge in [-0.1, -0.05) is 59.5 Å². The predicted octanol–water partition coefficient (Wildman–Crippen LogP) is 4.40. The van der Waals surface area contributed by atoms with Gasteiger partial charge in [0.05, 0.1) is 5.75 Å². The van der Waals surface area contributed by atoms with Crippen molar-refractivity contribution in [3.8, 4) is 0 Å². The van der Waals surface area contributed by atoms with Gasteiger partial charge < -0.3 is 10.6 Å². The van der Waals surface area contributed by atoms with Crippen molar-refractivity contribution in [2.45, 2.75) is 10.5 Å². The van der Waals surface area contributed by atoms with Crippen LogP contribution in [0.15, 0.2) is 46.8 Å². The topological polar surface area (TPSA) is 66.9 Å². The first-order valence-corrected chi connectivity index (χ1v) is 9.25. The minimum absolute atomic E-state index is 0.0688. The SMILES string of the molecule is O=C(CSc1nnc(NCC(F)(F)F)s1)Nc1cccc2ccccc12. The first-order chi connectivity index (χ1) is 12.4. The standard InChI is InChI=1S/C16H13F3N4OS2/c17-16(18,19)9-20-14-22-23-15(26-14)25-8-13(24)21-12-7-3-5-10-4-1-2-6-11(10)12/h1-7H,8-9H2,(H,20,22)(H,21,24). The van der Waals surface area contributed by atoms with Gasteiger partial charge >= 0.3 is 6.18 Å². The Kier molecular flexibility index (Phi) is 5.62. The average molecular weight is 398 g/mol. The first kappa shape index (κ1) is 18.5. The summed E-state index contributed by atoms with van der Waals surface area (Å²) in [7, 11) is 0. The quantitative estimate of drug-likeness (QED) is 0.603. The molecule has 0 radical (unpaired) electrons. The number of fused-ring (bicyclic) bond motifs is 1. The third-order valence-corrected chi connectivity index (χ3v) is 5.25. The van der Waals surface area contributed by atoms with Crippen molar-refractivity contribution in [1.29, 1.82) is 0 Å². The molecular weight excluding hydrogens is 385 g/mol. The molecule has 0 aliphatic rings. The van der Waals surface area contributed by atoms with Gasteiger partial charge in [-0.25, -0.2) is 0 Å². The van der Waals surface area contributed by atoms with E-state index in [0.717, 1.165) is 33.9 Å². The van der Waals surface area contributed by atoms with Crippen LogP contribution in [0.25, 0.3) is 10.8 Å². The van der Waals surface area contributed by atoms with Crippen LogP contribution in [-0.4, -0.2) is 34.6 Å². The molecule has 2 N–H and O–H groups in total. The Morgan fingerprint density at radius 3 is 2.69 bits per heavy atom. The molecule has 10 heteroatoms. The monoisotopic (exact) mass is 398 g/mol. The number of carbonyl (C=O) groups excluding carboxylic acids is 1. The summed E-state index contributed by atoms with van der Waals surface area (Å²) in [4.78, 5) is 12.2. The molecule has 0 aliphatic carbocycles. The zero-order valence-electron chi connectivity index (χ0n) is 13.2. The second-order valence-corrected chi connectivity index (χ2v) is 7.41. The summed E-state index contributed by atoms with van der Waals surface area (Å²) in [6.45, 7) is -1.17. The summed E-state index contributed by atoms with van der Waals surface area (Å²) in [6, 6.07) is 13.3. The summed E-state index contributed by atoms with van der Waals surface area (Å²) in [6.07, 6.45) is -4.32. The van der Waals surface area contributed by atoms with E-state index in [1.807, 2.05) is 42.5 Å². The Hall–Kier alpha value is -2.33. The molecule has 26 heavy (non-hydrogen) atoms. The van der Waals surface area contributed by atoms with E-state index >= 15 is 0 Å². The minimum Gasteiger partial charge on any atom is -0.351 e. The highest BCUT2D eigenvalue weighted by Gasteiger charge is 2.27. The molecule has 5 nitrogen and oxygen atoms in total. The Bertz CT molecular complexity index is 908. The van der Waals surface area contributed by atoms with Crippen LogP contribution in [0.2, 0.25) is 0 Å². The zero-order chi connectivity index (χ0) is 18.6. The predicted molar refractivity (Wildman–Crippen MR) is 97.8 cm³/mol. The van der Waals surface area contributed by atoms with Crippen molar-refractivity contribution in [3.63, 3.8) is 0 Å². The van der Waals surface area contributed by atoms with Crippen molar-refractivity contribution in [1.82, 2.24) is 10.2 Å². The maximum absolute atomic E-state index is 12.2. The number of thioether (sulfide) groups is 1. The van der Waals surface area contributed by atoms with Crippen LogP contribution in [0.5, 0.6) is 0 Å². The van der Waals surface area contributed by atoms with E-state index in [4.69, 9.17) is 0 Å². The van der Waals surface area contributed by atoms with Crippen LogP contribution in [0.1, 0.15) is 0 Å². The number of nitrogens with zero attached hydrogens (tertiary/aromatic N) is 2. The molecule has 0 saturated carbocycles. The maximum Gasteiger partial charge on any atom is 0.405 e. The largest absolute Gasteiger partial charge is 0.405 e. The van der Waals surface area contributed by atoms with E-state index in [2.05, 4.69) is 20.8 Å². The second kappa shape index (κ2) is 7.92. The lowest BCUT2D eigenvalue weighted by Crippen LogP contribution is -2.21. The number of nitrogens with one attached hydrogen (secondary N) is 2. The van der Waals surface area contributed by atoms with Crippen molar-refractivity contribution < 1.29 is 18.0 Å². The number of aromatic nitrogens is 2. The first-order valence-electron chi connectivity index (χ1n) is 7.45. The van der Waals surface area contributed by atoms with Gasteiger partial charge in [0.15, 0.2) is 4.34 Å². The Labute approximate surface area is 155 Å². The number of hydrogen-bond acceptors (Lipinski definition) is 6. The molecule has 0 bridgehead atoms. The Morgan fingerprint density at radius 1 is 1.12 bits per heavy atom. The number of hydrogen-bond donors (Lipinski definition) is 2. The third kappa shape index (κ3) is 5.09. The molecule has 1 aromatic heterocycles. The summed E-state index contributed by atoms with van der Waals surface area (Å²) in [5.41, 5.74) is 0.707. The van der Waals surface area contributed by atoms with Gasteiger partial charge in [0.1, 0.15) is 6.54 Å². The summed E-state index contributed by atoms with van der Waals surface area (Å²) in [5.74, 6) is -0.150. The summed E-state index contributed by atoms with van der Waals surface area (Å²) < 4.78 is 36.9. The van der Waals surface area contributed by atoms with Crippen LogP contribution in [0, 0.1) is 0 Å². The molecule has 136 valence electrons. The highest BCUT2D eigenvalue weighted by Crippen LogP contribution is 2.27. The van der Waals surface area contributed by atoms with E-state index in [0.29, 0.717) is 10.0 Å². The Balaban J connectivity index is 1.55. The number of carbonyl (C=O) groups is 1. The zero-order valence-corrected chi connectivity index (χ0v) is 14.8. The molecule has 0 fully saturated rings. The third-order valence-electron chi connectivity index (χ3n) is 3.24. The van der Waals surface area contributed by atoms with Gasteiger partial charge in [0.2, 0.25) is 11.0 Å². The fourth-order valence-corrected chi connectivity index (χ4v) is 3.71. The van der Waals surface area contributed by atoms with Crippen molar-refractivity contribution in [2.75, 3.05) is 22.9 Å². The van der Waals surface area contributed by atoms with E-state index < -0.39 is 12.7 Å². The second-order valence-electron chi connectivity index (χ2n) is 5.21. The fourth-order valence-electron chi connectivity index (χ4n) is 2.16. The lowest BCUT2D eigenvalue weighted by molar-refractivity contribution is -0.115. The molecule has 2 aromatic carbocycles. The minimum atomic E-state index is -4.32. The van der Waals surface area contributed by atoms with Crippen LogP contribution >= 0.6 is 23.1 Å². The lowest BCUT2D eigenvalue weighted by Gasteiger charge is -2.08. The normalized spacial score (nSPS) is 11.5. The van der Waals surface area contributed by atoms with Gasteiger partial charge in [-0.15, -0.1) is 10.2 Å². The molecule has 1 amide bonds. The molecule has 0 aliphatic heterocycles. The number of halogens is 3. The fraction of sp³-hybridized carbons (Fsp3) is 0.188. The maximum atomic E-state index is 12.2. The van der Waals surface area contributed by atoms with Crippen LogP contribution in [0.4, 0.5) is 24.0 Å². The Morgan fingerprint density at radius 2 is 1.88 bits per heavy atom. The number of amides is 1. The van der Waals surface area contributed by atoms with Crippen molar-refractivity contribution >= 4 is 50.6 Å². The van der Waals surface area contributed by atoms with Gasteiger partial charge in [0.25, 0.3) is 0 Å². The van der Waals surface area contributed by atoms with Crippen LogP contribution in [-0.2, 0) is 4.79 Å². The molecule has 0 saturated heterocycles. The average Bonchev–Trinajstić information content (AvgIpc) is 3.06. The highest BCUT2D eigenvalue weighted by atomic mass is 32.2. The van der Waals surface area contributed by atoms with Crippen molar-refractivity contribution in [2.24, 2.45) is 0 Å². The van der Waals surface area contributed by atoms with Gasteiger partial charge in [-0.2, -0.15) is 13.2 Å². The lowest BCUT2D eigenvalue weighted by atomic mass is 10.1. The molecule has 0 unspecified atom stereocenters. The van der Waals surface area contributed by atoms with Crippen LogP contribution < -0.4 is 10.6 Å². The van der Waals surface area contributed by atoms with Gasteiger partial charge in [-0.3, -0.25) is 4.79 Å². The van der Waals surface area contributed by atoms with E-state index in [9.17, 15) is 18.0 Å². The van der Waals surface area contributed by atoms with Gasteiger partial charge in [-0.05, 0) is 11.5 Å². The molecule has 1 heterocycles. The smallest absolute Gasteiger partial charge is 0.351 e. The van der Waals surface area contributed by atoms with Crippen molar-refractivity contribution in [3.05, 3.63) is 42.5 Å². The number of anilines is 2. The molecule has 0 atom stereocenters. The van der Waals surface area contributed by atoms with E-state index in [-0.39, 0.29) is 16.8 Å². The molecule has 0 spiro atoms. The summed E-state index contributed by atoms with van der Waals surface area (Å²) in [5, 5.41) is 14.4. The van der Waals surface area contributed by atoms with E-state index in [1.165, 1.54) is 0 Å². The van der Waals surface area contributed by atoms with Crippen LogP contribution in [0.3, 0.4) is 0 Å².